The number of nitrogens with zero attached hydrogens (tertiary/aromatic N) is 1. The average molecular weight is 252 g/mol. The van der Waals surface area contributed by atoms with Gasteiger partial charge in [0.15, 0.2) is 0 Å². The zero-order chi connectivity index (χ0) is 13.4. The summed E-state index contributed by atoms with van der Waals surface area (Å²) in [4.78, 5) is 25.7. The first-order valence-corrected chi connectivity index (χ1v) is 6.93. The van der Waals surface area contributed by atoms with Gasteiger partial charge in [0.2, 0.25) is 11.8 Å². The summed E-state index contributed by atoms with van der Waals surface area (Å²) >= 11 is 0. The molecule has 1 aliphatic heterocycles. The SMILES string of the molecule is CC1(CN2CC(=O)NC(C)(C)C2=O)CCCCC1. The van der Waals surface area contributed by atoms with Crippen molar-refractivity contribution in [3.63, 3.8) is 0 Å². The number of carbonyl (C=O) groups excluding carboxylic acids is 2. The molecule has 4 heteroatoms. The van der Waals surface area contributed by atoms with E-state index in [-0.39, 0.29) is 23.8 Å². The molecular weight excluding hydrogens is 228 g/mol. The van der Waals surface area contributed by atoms with Crippen molar-refractivity contribution in [1.29, 1.82) is 0 Å². The molecule has 0 radical (unpaired) electrons. The van der Waals surface area contributed by atoms with E-state index in [1.807, 2.05) is 0 Å². The zero-order valence-electron chi connectivity index (χ0n) is 11.7. The van der Waals surface area contributed by atoms with Gasteiger partial charge in [0.1, 0.15) is 5.54 Å². The van der Waals surface area contributed by atoms with Gasteiger partial charge >= 0.3 is 0 Å². The van der Waals surface area contributed by atoms with Gasteiger partial charge in [-0.1, -0.05) is 26.2 Å². The van der Waals surface area contributed by atoms with Crippen LogP contribution in [0.5, 0.6) is 0 Å². The lowest BCUT2D eigenvalue weighted by molar-refractivity contribution is -0.150. The molecule has 1 N–H and O–H groups in total. The third kappa shape index (κ3) is 2.68. The fourth-order valence-corrected chi connectivity index (χ4v) is 3.23. The lowest BCUT2D eigenvalue weighted by Crippen LogP contribution is -2.65. The Kier molecular flexibility index (Phi) is 3.39. The molecule has 1 heterocycles. The second kappa shape index (κ2) is 4.56. The van der Waals surface area contributed by atoms with Crippen LogP contribution in [0.3, 0.4) is 0 Å². The Labute approximate surface area is 109 Å². The minimum Gasteiger partial charge on any atom is -0.341 e. The highest BCUT2D eigenvalue weighted by atomic mass is 16.2. The van der Waals surface area contributed by atoms with E-state index < -0.39 is 5.54 Å². The van der Waals surface area contributed by atoms with Crippen LogP contribution in [0, 0.1) is 5.41 Å². The van der Waals surface area contributed by atoms with Gasteiger partial charge < -0.3 is 10.2 Å². The maximum absolute atomic E-state index is 12.3. The Balaban J connectivity index is 2.07. The van der Waals surface area contributed by atoms with E-state index in [0.29, 0.717) is 0 Å². The van der Waals surface area contributed by atoms with Gasteiger partial charge in [-0.3, -0.25) is 9.59 Å². The Morgan fingerprint density at radius 1 is 1.11 bits per heavy atom. The molecule has 2 amide bonds. The third-order valence-corrected chi connectivity index (χ3v) is 4.24. The largest absolute Gasteiger partial charge is 0.341 e. The lowest BCUT2D eigenvalue weighted by atomic mass is 9.75. The number of rotatable bonds is 2. The fraction of sp³-hybridized carbons (Fsp3) is 0.857. The summed E-state index contributed by atoms with van der Waals surface area (Å²) in [7, 11) is 0. The molecule has 2 rings (SSSR count). The summed E-state index contributed by atoms with van der Waals surface area (Å²) in [6, 6.07) is 0. The Hall–Kier alpha value is -1.06. The molecule has 0 atom stereocenters. The molecule has 1 aliphatic carbocycles. The lowest BCUT2D eigenvalue weighted by Gasteiger charge is -2.43. The third-order valence-electron chi connectivity index (χ3n) is 4.24. The van der Waals surface area contributed by atoms with E-state index in [4.69, 9.17) is 0 Å². The monoisotopic (exact) mass is 252 g/mol. The molecule has 2 aliphatic rings. The molecule has 4 nitrogen and oxygen atoms in total. The van der Waals surface area contributed by atoms with Crippen molar-refractivity contribution in [2.24, 2.45) is 5.41 Å². The minimum atomic E-state index is -0.750. The number of amides is 2. The number of hydrogen-bond acceptors (Lipinski definition) is 2. The van der Waals surface area contributed by atoms with E-state index in [0.717, 1.165) is 6.54 Å². The zero-order valence-corrected chi connectivity index (χ0v) is 11.7. The number of hydrogen-bond donors (Lipinski definition) is 1. The maximum Gasteiger partial charge on any atom is 0.248 e. The van der Waals surface area contributed by atoms with Crippen LogP contribution in [0.15, 0.2) is 0 Å². The molecule has 0 aromatic carbocycles. The van der Waals surface area contributed by atoms with Crippen molar-refractivity contribution >= 4 is 11.8 Å². The molecular formula is C14H24N2O2. The molecule has 2 fully saturated rings. The second-order valence-electron chi connectivity index (χ2n) is 6.71. The van der Waals surface area contributed by atoms with Crippen LogP contribution in [0.25, 0.3) is 0 Å². The highest BCUT2D eigenvalue weighted by molar-refractivity contribution is 5.97. The second-order valence-corrected chi connectivity index (χ2v) is 6.71. The first-order valence-electron chi connectivity index (χ1n) is 6.93. The van der Waals surface area contributed by atoms with Crippen molar-refractivity contribution in [2.45, 2.75) is 58.4 Å². The van der Waals surface area contributed by atoms with Crippen LogP contribution >= 0.6 is 0 Å². The molecule has 0 bridgehead atoms. The molecule has 102 valence electrons. The molecule has 18 heavy (non-hydrogen) atoms. The Morgan fingerprint density at radius 3 is 2.33 bits per heavy atom. The van der Waals surface area contributed by atoms with Gasteiger partial charge in [-0.25, -0.2) is 0 Å². The molecule has 0 unspecified atom stereocenters. The van der Waals surface area contributed by atoms with Gasteiger partial charge in [-0.05, 0) is 32.1 Å². The van der Waals surface area contributed by atoms with E-state index in [1.54, 1.807) is 18.7 Å². The van der Waals surface area contributed by atoms with Gasteiger partial charge in [-0.15, -0.1) is 0 Å². The topological polar surface area (TPSA) is 49.4 Å². The van der Waals surface area contributed by atoms with E-state index >= 15 is 0 Å². The standard InChI is InChI=1S/C14H24N2O2/c1-13(2)12(18)16(9-11(17)15-13)10-14(3)7-5-4-6-8-14/h4-10H2,1-3H3,(H,15,17). The average Bonchev–Trinajstić information content (AvgIpc) is 2.25. The number of piperazine rings is 1. The van der Waals surface area contributed by atoms with Gasteiger partial charge in [-0.2, -0.15) is 0 Å². The summed E-state index contributed by atoms with van der Waals surface area (Å²) in [5.74, 6) is 0.00732. The molecule has 0 aromatic heterocycles. The van der Waals surface area contributed by atoms with Crippen molar-refractivity contribution in [1.82, 2.24) is 10.2 Å². The smallest absolute Gasteiger partial charge is 0.248 e. The first-order chi connectivity index (χ1) is 8.32. The van der Waals surface area contributed by atoms with E-state index in [1.165, 1.54) is 32.1 Å². The highest BCUT2D eigenvalue weighted by Gasteiger charge is 2.41. The maximum atomic E-state index is 12.3. The van der Waals surface area contributed by atoms with Crippen molar-refractivity contribution in [3.8, 4) is 0 Å². The minimum absolute atomic E-state index is 0.0426. The van der Waals surface area contributed by atoms with Crippen LogP contribution in [-0.4, -0.2) is 35.3 Å². The van der Waals surface area contributed by atoms with Crippen LogP contribution in [0.4, 0.5) is 0 Å². The van der Waals surface area contributed by atoms with E-state index in [9.17, 15) is 9.59 Å². The van der Waals surface area contributed by atoms with Gasteiger partial charge in [0, 0.05) is 6.54 Å². The molecule has 1 saturated heterocycles. The van der Waals surface area contributed by atoms with Crippen molar-refractivity contribution in [3.05, 3.63) is 0 Å². The normalized spacial score (nSPS) is 26.9. The van der Waals surface area contributed by atoms with Crippen molar-refractivity contribution in [2.75, 3.05) is 13.1 Å². The van der Waals surface area contributed by atoms with Crippen LogP contribution in [-0.2, 0) is 9.59 Å². The fourth-order valence-electron chi connectivity index (χ4n) is 3.23. The quantitative estimate of drug-likeness (QED) is 0.813. The first kappa shape index (κ1) is 13.4. The van der Waals surface area contributed by atoms with Gasteiger partial charge in [0.05, 0.1) is 6.54 Å². The number of carbonyl (C=O) groups is 2. The molecule has 1 saturated carbocycles. The highest BCUT2D eigenvalue weighted by Crippen LogP contribution is 2.37. The molecule has 0 aromatic rings. The van der Waals surface area contributed by atoms with Gasteiger partial charge in [0.25, 0.3) is 0 Å². The molecule has 0 spiro atoms. The summed E-state index contributed by atoms with van der Waals surface area (Å²) < 4.78 is 0. The van der Waals surface area contributed by atoms with Crippen LogP contribution < -0.4 is 5.32 Å². The van der Waals surface area contributed by atoms with Crippen molar-refractivity contribution < 1.29 is 9.59 Å². The summed E-state index contributed by atoms with van der Waals surface area (Å²) in [6.45, 7) is 6.75. The summed E-state index contributed by atoms with van der Waals surface area (Å²) in [5.41, 5.74) is -0.554. The summed E-state index contributed by atoms with van der Waals surface area (Å²) in [5, 5.41) is 2.75. The Morgan fingerprint density at radius 2 is 1.72 bits per heavy atom. The predicted molar refractivity (Wildman–Crippen MR) is 70.0 cm³/mol. The van der Waals surface area contributed by atoms with E-state index in [2.05, 4.69) is 12.2 Å². The van der Waals surface area contributed by atoms with Crippen LogP contribution in [0.1, 0.15) is 52.9 Å². The Bertz CT molecular complexity index is 357. The predicted octanol–water partition coefficient (Wildman–Crippen LogP) is 1.69. The van der Waals surface area contributed by atoms with Crippen LogP contribution in [0.2, 0.25) is 0 Å². The number of nitrogens with one attached hydrogen (secondary N) is 1. The summed E-state index contributed by atoms with van der Waals surface area (Å²) in [6.07, 6.45) is 6.12.